The van der Waals surface area contributed by atoms with E-state index in [1.807, 2.05) is 6.07 Å². The van der Waals surface area contributed by atoms with Crippen LogP contribution in [0.4, 0.5) is 30.5 Å². The zero-order chi connectivity index (χ0) is 32.3. The van der Waals surface area contributed by atoms with Crippen molar-refractivity contribution >= 4 is 95.1 Å². The molecule has 0 fully saturated rings. The van der Waals surface area contributed by atoms with Crippen LogP contribution in [0.25, 0.3) is 0 Å². The van der Waals surface area contributed by atoms with Gasteiger partial charge in [0, 0.05) is 56.8 Å². The molecule has 6 nitrogen and oxygen atoms in total. The van der Waals surface area contributed by atoms with Crippen molar-refractivity contribution in [3.05, 3.63) is 88.2 Å². The molecule has 1 amide bonds. The number of rotatable bonds is 6. The molecule has 0 bridgehead atoms. The zero-order valence-electron chi connectivity index (χ0n) is 23.9. The Morgan fingerprint density at radius 2 is 1.73 bits per heavy atom. The van der Waals surface area contributed by atoms with Gasteiger partial charge in [0.2, 0.25) is 11.9 Å². The lowest BCUT2D eigenvalue weighted by molar-refractivity contribution is -0.138. The summed E-state index contributed by atoms with van der Waals surface area (Å²) in [6, 6.07) is 18.1. The van der Waals surface area contributed by atoms with Crippen LogP contribution in [0.15, 0.2) is 60.8 Å². The second-order valence-electron chi connectivity index (χ2n) is 11.1. The Labute approximate surface area is 274 Å². The number of nitrogens with one attached hydrogen (secondary N) is 2. The van der Waals surface area contributed by atoms with Gasteiger partial charge in [-0.1, -0.05) is 70.1 Å². The lowest BCUT2D eigenvalue weighted by atomic mass is 9.76. The maximum absolute atomic E-state index is 13.1. The molecular weight excluding hydrogens is 715 g/mol. The number of hydrogen-bond acceptors (Lipinski definition) is 5. The molecule has 0 radical (unpaired) electrons. The summed E-state index contributed by atoms with van der Waals surface area (Å²) >= 11 is 5.80. The molecular formula is C29H28ClF3N4O2P6. The maximum atomic E-state index is 13.1. The van der Waals surface area contributed by atoms with Crippen LogP contribution in [0.2, 0.25) is 5.15 Å². The summed E-state index contributed by atoms with van der Waals surface area (Å²) in [7, 11) is 7.80. The Bertz CT molecular complexity index is 1830. The molecule has 6 unspecified atom stereocenters. The molecule has 0 spiro atoms. The van der Waals surface area contributed by atoms with Gasteiger partial charge in [-0.2, -0.15) is 13.2 Å². The van der Waals surface area contributed by atoms with E-state index in [9.17, 15) is 18.0 Å². The summed E-state index contributed by atoms with van der Waals surface area (Å²) in [6.07, 6.45) is -3.68. The SMILES string of the molecule is CC1(C)c2cccc(P(P)P)c2Oc2c(P(P)PC3CC(=O)Nc4ccc(Nc5ncc(C(F)(F)F)c(Cl)n5)cc43)cccc21. The number of hydrogen-bond donors (Lipinski definition) is 2. The highest BCUT2D eigenvalue weighted by Gasteiger charge is 2.38. The van der Waals surface area contributed by atoms with Gasteiger partial charge in [-0.15, -0.1) is 26.8 Å². The van der Waals surface area contributed by atoms with E-state index in [-0.39, 0.29) is 22.9 Å². The fraction of sp³-hybridized carbons (Fsp3) is 0.207. The molecule has 234 valence electrons. The number of aromatic nitrogens is 2. The maximum Gasteiger partial charge on any atom is 0.420 e. The molecule has 6 atom stereocenters. The van der Waals surface area contributed by atoms with E-state index in [4.69, 9.17) is 16.3 Å². The number of benzene rings is 3. The van der Waals surface area contributed by atoms with Crippen molar-refractivity contribution in [2.45, 2.75) is 37.5 Å². The minimum atomic E-state index is -4.65. The first-order valence-corrected chi connectivity index (χ1v) is 23.4. The summed E-state index contributed by atoms with van der Waals surface area (Å²) in [6.45, 7) is 4.46. The highest BCUT2D eigenvalue weighted by atomic mass is 35.5. The van der Waals surface area contributed by atoms with E-state index >= 15 is 0 Å². The number of carbonyl (C=O) groups is 1. The molecule has 2 N–H and O–H groups in total. The van der Waals surface area contributed by atoms with Crippen LogP contribution < -0.4 is 26.0 Å². The highest BCUT2D eigenvalue weighted by molar-refractivity contribution is 8.51. The molecule has 0 saturated heterocycles. The smallest absolute Gasteiger partial charge is 0.420 e. The van der Waals surface area contributed by atoms with Crippen molar-refractivity contribution in [2.75, 3.05) is 10.6 Å². The third-order valence-corrected chi connectivity index (χ3v) is 17.3. The molecule has 6 rings (SSSR count). The minimum absolute atomic E-state index is 0.0601. The summed E-state index contributed by atoms with van der Waals surface area (Å²) in [5.41, 5.74) is 3.05. The third-order valence-electron chi connectivity index (χ3n) is 7.77. The number of alkyl halides is 3. The Morgan fingerprint density at radius 1 is 1.07 bits per heavy atom. The Morgan fingerprint density at radius 3 is 2.38 bits per heavy atom. The molecule has 45 heavy (non-hydrogen) atoms. The molecule has 16 heteroatoms. The highest BCUT2D eigenvalue weighted by Crippen LogP contribution is 2.70. The van der Waals surface area contributed by atoms with Crippen LogP contribution in [0.1, 0.15) is 48.2 Å². The first kappa shape index (κ1) is 33.4. The van der Waals surface area contributed by atoms with Crippen molar-refractivity contribution in [2.24, 2.45) is 0 Å². The van der Waals surface area contributed by atoms with Crippen molar-refractivity contribution < 1.29 is 22.7 Å². The second-order valence-corrected chi connectivity index (χ2v) is 25.3. The molecule has 3 heterocycles. The topological polar surface area (TPSA) is 76.1 Å². The average molecular weight is 743 g/mol. The number of amides is 1. The first-order valence-electron chi connectivity index (χ1n) is 13.6. The summed E-state index contributed by atoms with van der Waals surface area (Å²) < 4.78 is 46.1. The van der Waals surface area contributed by atoms with E-state index in [0.717, 1.165) is 38.8 Å². The normalized spacial score (nSPS) is 17.7. The number of ether oxygens (including phenoxy) is 1. The van der Waals surface area contributed by atoms with Gasteiger partial charge in [0.25, 0.3) is 0 Å². The van der Waals surface area contributed by atoms with Crippen LogP contribution in [0.3, 0.4) is 0 Å². The number of anilines is 3. The summed E-state index contributed by atoms with van der Waals surface area (Å²) in [5.74, 6) is 1.68. The van der Waals surface area contributed by atoms with Crippen LogP contribution in [0.5, 0.6) is 11.5 Å². The minimum Gasteiger partial charge on any atom is -0.455 e. The quantitative estimate of drug-likeness (QED) is 0.152. The van der Waals surface area contributed by atoms with Crippen LogP contribution >= 0.6 is 61.3 Å². The number of fused-ring (bicyclic) bond motifs is 3. The van der Waals surface area contributed by atoms with E-state index in [1.54, 1.807) is 12.1 Å². The number of halogens is 4. The number of nitrogens with zero attached hydrogens (tertiary/aromatic N) is 2. The van der Waals surface area contributed by atoms with Gasteiger partial charge in [-0.3, -0.25) is 4.79 Å². The fourth-order valence-corrected chi connectivity index (χ4v) is 14.3. The van der Waals surface area contributed by atoms with Crippen LogP contribution in [-0.2, 0) is 16.4 Å². The monoisotopic (exact) mass is 742 g/mol. The lowest BCUT2D eigenvalue weighted by Crippen LogP contribution is -2.29. The van der Waals surface area contributed by atoms with Crippen LogP contribution in [0, 0.1) is 0 Å². The Kier molecular flexibility index (Phi) is 9.51. The average Bonchev–Trinajstić information content (AvgIpc) is 2.96. The molecule has 0 saturated carbocycles. The van der Waals surface area contributed by atoms with Crippen LogP contribution in [-0.4, -0.2) is 15.9 Å². The first-order chi connectivity index (χ1) is 21.2. The molecule has 1 aromatic heterocycles. The second kappa shape index (κ2) is 12.8. The van der Waals surface area contributed by atoms with Crippen molar-refractivity contribution in [1.29, 1.82) is 0 Å². The summed E-state index contributed by atoms with van der Waals surface area (Å²) in [5, 5.41) is 7.51. The number of carbonyl (C=O) groups excluding carboxylic acids is 1. The zero-order valence-corrected chi connectivity index (χ0v) is 30.9. The van der Waals surface area contributed by atoms with Crippen molar-refractivity contribution in [1.82, 2.24) is 9.97 Å². The standard InChI is InChI=1S/C29H28ClF3N4O2P6/c1-28(2)16-5-3-7-21(44(40)41)24(16)39-25-17(28)6-4-8-22(25)45(42)43-20-12-23(38)36-19-10-9-14(11-15(19)20)35-27-34-13-18(26(30)37-27)29(31,32)33/h3-11,13,20,43H,12,40-42H2,1-2H3,(H,36,38)(H,34,35,37). The molecule has 0 aliphatic carbocycles. The Balaban J connectivity index is 1.30. The van der Waals surface area contributed by atoms with Gasteiger partial charge < -0.3 is 15.4 Å². The molecule has 2 aliphatic rings. The molecule has 2 aliphatic heterocycles. The largest absolute Gasteiger partial charge is 0.455 e. The van der Waals surface area contributed by atoms with Gasteiger partial charge >= 0.3 is 6.18 Å². The van der Waals surface area contributed by atoms with Gasteiger partial charge in [-0.25, -0.2) is 9.97 Å². The number of para-hydroxylation sites is 2. The third kappa shape index (κ3) is 6.62. The predicted molar refractivity (Wildman–Crippen MR) is 193 cm³/mol. The van der Waals surface area contributed by atoms with E-state index in [1.165, 1.54) is 0 Å². The lowest BCUT2D eigenvalue weighted by Gasteiger charge is -2.37. The van der Waals surface area contributed by atoms with E-state index in [0.29, 0.717) is 32.3 Å². The van der Waals surface area contributed by atoms with Gasteiger partial charge in [-0.05, 0) is 38.4 Å². The predicted octanol–water partition coefficient (Wildman–Crippen LogP) is 9.59. The van der Waals surface area contributed by atoms with Crippen molar-refractivity contribution in [3.63, 3.8) is 0 Å². The fourth-order valence-electron chi connectivity index (χ4n) is 5.52. The van der Waals surface area contributed by atoms with E-state index in [2.05, 4.69) is 97.6 Å². The molecule has 4 aromatic rings. The van der Waals surface area contributed by atoms with E-state index < -0.39 is 31.5 Å². The van der Waals surface area contributed by atoms with Gasteiger partial charge in [0.1, 0.15) is 22.2 Å². The van der Waals surface area contributed by atoms with Gasteiger partial charge in [0.05, 0.1) is 0 Å². The van der Waals surface area contributed by atoms with Gasteiger partial charge in [0.15, 0.2) is 0 Å². The summed E-state index contributed by atoms with van der Waals surface area (Å²) in [4.78, 5) is 20.4. The molecule has 3 aromatic carbocycles. The Hall–Kier alpha value is -1.53. The van der Waals surface area contributed by atoms with Crippen molar-refractivity contribution in [3.8, 4) is 11.5 Å².